The van der Waals surface area contributed by atoms with Gasteiger partial charge in [0.25, 0.3) is 5.91 Å². The molecule has 1 aromatic heterocycles. The van der Waals surface area contributed by atoms with Gasteiger partial charge in [0.1, 0.15) is 0 Å². The molecule has 0 unspecified atom stereocenters. The maximum absolute atomic E-state index is 13.0. The second-order valence-corrected chi connectivity index (χ2v) is 6.21. The average Bonchev–Trinajstić information content (AvgIpc) is 2.69. The Bertz CT molecular complexity index is 629. The van der Waals surface area contributed by atoms with E-state index in [1.54, 1.807) is 48.2 Å². The summed E-state index contributed by atoms with van der Waals surface area (Å²) in [6.45, 7) is 5.49. The first-order valence-corrected chi connectivity index (χ1v) is 9.35. The van der Waals surface area contributed by atoms with Crippen LogP contribution in [0.5, 0.6) is 0 Å². The largest absolute Gasteiger partial charge is 0.466 e. The molecule has 0 atom stereocenters. The minimum Gasteiger partial charge on any atom is -0.466 e. The van der Waals surface area contributed by atoms with Gasteiger partial charge in [0.2, 0.25) is 0 Å². The molecule has 8 heteroatoms. The Labute approximate surface area is 159 Å². The Morgan fingerprint density at radius 1 is 1.11 bits per heavy atom. The molecule has 0 aliphatic carbocycles. The van der Waals surface area contributed by atoms with E-state index in [2.05, 4.69) is 4.98 Å². The highest BCUT2D eigenvalue weighted by Crippen LogP contribution is 2.20. The molecule has 2 amide bonds. The average molecular weight is 377 g/mol. The summed E-state index contributed by atoms with van der Waals surface area (Å²) >= 11 is 0. The van der Waals surface area contributed by atoms with Gasteiger partial charge in [-0.25, -0.2) is 4.79 Å². The predicted molar refractivity (Wildman–Crippen MR) is 98.1 cm³/mol. The van der Waals surface area contributed by atoms with Crippen LogP contribution in [-0.4, -0.2) is 71.6 Å². The topological polar surface area (TPSA) is 89.0 Å². The number of ether oxygens (including phenoxy) is 2. The molecule has 1 aliphatic rings. The number of aromatic nitrogens is 1. The second kappa shape index (κ2) is 10.5. The van der Waals surface area contributed by atoms with Crippen molar-refractivity contribution in [2.24, 2.45) is 0 Å². The summed E-state index contributed by atoms with van der Waals surface area (Å²) in [6, 6.07) is 3.27. The first kappa shape index (κ1) is 20.7. The van der Waals surface area contributed by atoms with Crippen molar-refractivity contribution in [1.29, 1.82) is 0 Å². The number of hydrogen-bond donors (Lipinski definition) is 0. The molecule has 0 spiro atoms. The van der Waals surface area contributed by atoms with E-state index in [1.807, 2.05) is 0 Å². The molecule has 0 N–H and O–H groups in total. The number of piperidine rings is 1. The van der Waals surface area contributed by atoms with Gasteiger partial charge < -0.3 is 19.3 Å². The minimum absolute atomic E-state index is 0.0502. The van der Waals surface area contributed by atoms with Crippen LogP contribution in [0.15, 0.2) is 24.5 Å². The standard InChI is InChI=1S/C19H27N3O5/c1-3-26-17(23)9-14-22(18(24)15-5-10-20-11-6-15)16-7-12-21(13-8-16)19(25)27-4-2/h5-6,10-11,16H,3-4,7-9,12-14H2,1-2H3. The Morgan fingerprint density at radius 3 is 2.33 bits per heavy atom. The minimum atomic E-state index is -0.325. The van der Waals surface area contributed by atoms with E-state index in [-0.39, 0.29) is 37.0 Å². The molecular formula is C19H27N3O5. The van der Waals surface area contributed by atoms with Gasteiger partial charge in [0, 0.05) is 43.6 Å². The molecule has 1 aliphatic heterocycles. The maximum Gasteiger partial charge on any atom is 0.409 e. The summed E-state index contributed by atoms with van der Waals surface area (Å²) in [5, 5.41) is 0. The van der Waals surface area contributed by atoms with Crippen molar-refractivity contribution in [2.75, 3.05) is 32.8 Å². The number of pyridine rings is 1. The summed E-state index contributed by atoms with van der Waals surface area (Å²) < 4.78 is 10.0. The van der Waals surface area contributed by atoms with Gasteiger partial charge in [-0.15, -0.1) is 0 Å². The first-order chi connectivity index (χ1) is 13.1. The van der Waals surface area contributed by atoms with E-state index < -0.39 is 0 Å². The van der Waals surface area contributed by atoms with Gasteiger partial charge in [-0.05, 0) is 38.8 Å². The van der Waals surface area contributed by atoms with Crippen LogP contribution in [0.1, 0.15) is 43.5 Å². The van der Waals surface area contributed by atoms with Crippen LogP contribution in [0, 0.1) is 0 Å². The fourth-order valence-corrected chi connectivity index (χ4v) is 3.13. The molecule has 1 aromatic rings. The summed E-state index contributed by atoms with van der Waals surface area (Å²) in [4.78, 5) is 43.9. The lowest BCUT2D eigenvalue weighted by molar-refractivity contribution is -0.143. The SMILES string of the molecule is CCOC(=O)CCN(C(=O)c1ccncc1)C1CCN(C(=O)OCC)CC1. The maximum atomic E-state index is 13.0. The molecule has 148 valence electrons. The van der Waals surface area contributed by atoms with E-state index in [4.69, 9.17) is 9.47 Å². The number of likely N-dealkylation sites (tertiary alicyclic amines) is 1. The fourth-order valence-electron chi connectivity index (χ4n) is 3.13. The zero-order chi connectivity index (χ0) is 19.6. The van der Waals surface area contributed by atoms with Crippen molar-refractivity contribution in [3.05, 3.63) is 30.1 Å². The first-order valence-electron chi connectivity index (χ1n) is 9.35. The molecule has 0 radical (unpaired) electrons. The number of nitrogens with zero attached hydrogens (tertiary/aromatic N) is 3. The Morgan fingerprint density at radius 2 is 1.74 bits per heavy atom. The lowest BCUT2D eigenvalue weighted by atomic mass is 10.0. The van der Waals surface area contributed by atoms with Crippen molar-refractivity contribution in [3.63, 3.8) is 0 Å². The molecule has 0 saturated carbocycles. The molecule has 0 bridgehead atoms. The Hall–Kier alpha value is -2.64. The molecule has 2 heterocycles. The van der Waals surface area contributed by atoms with E-state index in [1.165, 1.54) is 0 Å². The van der Waals surface area contributed by atoms with Crippen molar-refractivity contribution in [1.82, 2.24) is 14.8 Å². The number of carbonyl (C=O) groups excluding carboxylic acids is 3. The van der Waals surface area contributed by atoms with Gasteiger partial charge in [-0.3, -0.25) is 14.6 Å². The van der Waals surface area contributed by atoms with Crippen LogP contribution in [0.25, 0.3) is 0 Å². The van der Waals surface area contributed by atoms with Crippen molar-refractivity contribution < 1.29 is 23.9 Å². The number of esters is 1. The van der Waals surface area contributed by atoms with Crippen molar-refractivity contribution in [2.45, 2.75) is 39.2 Å². The van der Waals surface area contributed by atoms with Crippen molar-refractivity contribution >= 4 is 18.0 Å². The van der Waals surface area contributed by atoms with E-state index in [0.29, 0.717) is 44.7 Å². The molecule has 1 fully saturated rings. The zero-order valence-corrected chi connectivity index (χ0v) is 15.9. The van der Waals surface area contributed by atoms with Crippen LogP contribution in [-0.2, 0) is 14.3 Å². The van der Waals surface area contributed by atoms with Gasteiger partial charge in [0.05, 0.1) is 19.6 Å². The lowest BCUT2D eigenvalue weighted by Crippen LogP contribution is -2.49. The second-order valence-electron chi connectivity index (χ2n) is 6.21. The monoisotopic (exact) mass is 377 g/mol. The summed E-state index contributed by atoms with van der Waals surface area (Å²) in [6.07, 6.45) is 4.23. The van der Waals surface area contributed by atoms with Gasteiger partial charge in [0.15, 0.2) is 0 Å². The van der Waals surface area contributed by atoms with Crippen LogP contribution in [0.4, 0.5) is 4.79 Å². The van der Waals surface area contributed by atoms with Crippen LogP contribution < -0.4 is 0 Å². The number of carbonyl (C=O) groups is 3. The summed E-state index contributed by atoms with van der Waals surface area (Å²) in [5.74, 6) is -0.467. The predicted octanol–water partition coefficient (Wildman–Crippen LogP) is 2.10. The Kier molecular flexibility index (Phi) is 8.03. The molecule has 27 heavy (non-hydrogen) atoms. The third-order valence-electron chi connectivity index (χ3n) is 4.48. The highest BCUT2D eigenvalue weighted by molar-refractivity contribution is 5.94. The van der Waals surface area contributed by atoms with Crippen LogP contribution >= 0.6 is 0 Å². The Balaban J connectivity index is 2.05. The lowest BCUT2D eigenvalue weighted by Gasteiger charge is -2.38. The highest BCUT2D eigenvalue weighted by Gasteiger charge is 2.31. The zero-order valence-electron chi connectivity index (χ0n) is 15.9. The molecular weight excluding hydrogens is 350 g/mol. The smallest absolute Gasteiger partial charge is 0.409 e. The quantitative estimate of drug-likeness (QED) is 0.676. The number of hydrogen-bond acceptors (Lipinski definition) is 6. The summed E-state index contributed by atoms with van der Waals surface area (Å²) in [5.41, 5.74) is 0.529. The normalized spacial score (nSPS) is 14.5. The van der Waals surface area contributed by atoms with Crippen LogP contribution in [0.3, 0.4) is 0 Å². The van der Waals surface area contributed by atoms with E-state index >= 15 is 0 Å². The van der Waals surface area contributed by atoms with E-state index in [9.17, 15) is 14.4 Å². The summed E-state index contributed by atoms with van der Waals surface area (Å²) in [7, 11) is 0. The third-order valence-corrected chi connectivity index (χ3v) is 4.48. The molecule has 0 aromatic carbocycles. The van der Waals surface area contributed by atoms with E-state index in [0.717, 1.165) is 0 Å². The molecule has 1 saturated heterocycles. The number of amides is 2. The van der Waals surface area contributed by atoms with Gasteiger partial charge in [-0.2, -0.15) is 0 Å². The third kappa shape index (κ3) is 5.94. The van der Waals surface area contributed by atoms with Gasteiger partial charge >= 0.3 is 12.1 Å². The van der Waals surface area contributed by atoms with Gasteiger partial charge in [-0.1, -0.05) is 0 Å². The fraction of sp³-hybridized carbons (Fsp3) is 0.579. The number of rotatable bonds is 7. The molecule has 8 nitrogen and oxygen atoms in total. The van der Waals surface area contributed by atoms with Crippen LogP contribution in [0.2, 0.25) is 0 Å². The van der Waals surface area contributed by atoms with Crippen molar-refractivity contribution in [3.8, 4) is 0 Å². The highest BCUT2D eigenvalue weighted by atomic mass is 16.6. The molecule has 2 rings (SSSR count).